The molecule has 3 rings (SSSR count). The van der Waals surface area contributed by atoms with Crippen molar-refractivity contribution < 1.29 is 4.52 Å². The van der Waals surface area contributed by atoms with Crippen LogP contribution in [-0.2, 0) is 5.54 Å². The Morgan fingerprint density at radius 3 is 2.93 bits per heavy atom. The summed E-state index contributed by atoms with van der Waals surface area (Å²) >= 11 is 0. The van der Waals surface area contributed by atoms with Gasteiger partial charge in [-0.2, -0.15) is 0 Å². The summed E-state index contributed by atoms with van der Waals surface area (Å²) in [6, 6.07) is 6.10. The zero-order valence-electron chi connectivity index (χ0n) is 8.08. The lowest BCUT2D eigenvalue weighted by atomic mass is 10.0. The van der Waals surface area contributed by atoms with Gasteiger partial charge in [-0.1, -0.05) is 17.3 Å². The highest BCUT2D eigenvalue weighted by atomic mass is 16.5. The molecule has 2 N–H and O–H groups in total. The van der Waals surface area contributed by atoms with Crippen molar-refractivity contribution in [1.82, 2.24) is 5.16 Å². The first-order valence-corrected chi connectivity index (χ1v) is 4.85. The second kappa shape index (κ2) is 2.36. The molecule has 0 amide bonds. The average molecular weight is 188 g/mol. The van der Waals surface area contributed by atoms with Gasteiger partial charge in [-0.15, -0.1) is 0 Å². The highest BCUT2D eigenvalue weighted by molar-refractivity contribution is 5.84. The van der Waals surface area contributed by atoms with Gasteiger partial charge in [0.2, 0.25) is 0 Å². The molecule has 1 saturated carbocycles. The lowest BCUT2D eigenvalue weighted by Crippen LogP contribution is -2.18. The smallest absolute Gasteiger partial charge is 0.141 e. The molecule has 3 nitrogen and oxygen atoms in total. The molecule has 1 aromatic heterocycles. The van der Waals surface area contributed by atoms with Gasteiger partial charge in [-0.25, -0.2) is 0 Å². The van der Waals surface area contributed by atoms with Gasteiger partial charge in [0.15, 0.2) is 0 Å². The van der Waals surface area contributed by atoms with Crippen LogP contribution in [0, 0.1) is 6.92 Å². The summed E-state index contributed by atoms with van der Waals surface area (Å²) in [5.74, 6) is 0.867. The molecule has 0 saturated heterocycles. The summed E-state index contributed by atoms with van der Waals surface area (Å²) in [7, 11) is 0. The van der Waals surface area contributed by atoms with Crippen molar-refractivity contribution in [2.24, 2.45) is 5.73 Å². The lowest BCUT2D eigenvalue weighted by Gasteiger charge is -2.08. The quantitative estimate of drug-likeness (QED) is 0.745. The molecule has 1 aromatic carbocycles. The van der Waals surface area contributed by atoms with E-state index in [0.717, 1.165) is 35.1 Å². The van der Waals surface area contributed by atoms with Gasteiger partial charge >= 0.3 is 0 Å². The Kier molecular flexibility index (Phi) is 1.35. The molecule has 1 fully saturated rings. The highest BCUT2D eigenvalue weighted by Crippen LogP contribution is 2.45. The molecule has 3 heteroatoms. The maximum atomic E-state index is 6.16. The first kappa shape index (κ1) is 8.00. The maximum absolute atomic E-state index is 6.16. The summed E-state index contributed by atoms with van der Waals surface area (Å²) in [6.45, 7) is 1.93. The van der Waals surface area contributed by atoms with Crippen molar-refractivity contribution in [3.05, 3.63) is 29.5 Å². The first-order chi connectivity index (χ1) is 6.71. The second-order valence-electron chi connectivity index (χ2n) is 4.10. The number of hydrogen-bond donors (Lipinski definition) is 1. The molecular formula is C11H12N2O. The van der Waals surface area contributed by atoms with Gasteiger partial charge in [-0.3, -0.25) is 0 Å². The van der Waals surface area contributed by atoms with Crippen molar-refractivity contribution in [2.75, 3.05) is 0 Å². The fourth-order valence-electron chi connectivity index (χ4n) is 1.90. The van der Waals surface area contributed by atoms with Crippen molar-refractivity contribution in [3.63, 3.8) is 0 Å². The Morgan fingerprint density at radius 2 is 2.21 bits per heavy atom. The van der Waals surface area contributed by atoms with E-state index in [1.54, 1.807) is 0 Å². The molecule has 1 heterocycles. The summed E-state index contributed by atoms with van der Waals surface area (Å²) in [5.41, 5.74) is 8.09. The highest BCUT2D eigenvalue weighted by Gasteiger charge is 2.41. The van der Waals surface area contributed by atoms with Crippen LogP contribution in [0.25, 0.3) is 10.9 Å². The molecule has 14 heavy (non-hydrogen) atoms. The van der Waals surface area contributed by atoms with Crippen LogP contribution < -0.4 is 5.73 Å². The van der Waals surface area contributed by atoms with E-state index in [9.17, 15) is 0 Å². The van der Waals surface area contributed by atoms with E-state index >= 15 is 0 Å². The van der Waals surface area contributed by atoms with E-state index < -0.39 is 0 Å². The van der Waals surface area contributed by atoms with Crippen LogP contribution in [0.4, 0.5) is 0 Å². The fraction of sp³-hybridized carbons (Fsp3) is 0.364. The lowest BCUT2D eigenvalue weighted by molar-refractivity contribution is 0.405. The number of benzene rings is 1. The maximum Gasteiger partial charge on any atom is 0.141 e. The van der Waals surface area contributed by atoms with Crippen LogP contribution in [0.15, 0.2) is 22.7 Å². The van der Waals surface area contributed by atoms with Crippen LogP contribution in [0.1, 0.15) is 24.2 Å². The standard InChI is InChI=1S/C11H12N2O/c1-7-8-3-2-4-9(10(8)13-14-7)11(12)5-6-11/h2-4H,5-6,12H2,1H3. The summed E-state index contributed by atoms with van der Waals surface area (Å²) in [4.78, 5) is 0. The zero-order valence-corrected chi connectivity index (χ0v) is 8.08. The van der Waals surface area contributed by atoms with Gasteiger partial charge in [0, 0.05) is 16.5 Å². The van der Waals surface area contributed by atoms with Crippen molar-refractivity contribution in [1.29, 1.82) is 0 Å². The summed E-state index contributed by atoms with van der Waals surface area (Å²) < 4.78 is 5.17. The molecule has 1 aliphatic carbocycles. The third-order valence-corrected chi connectivity index (χ3v) is 3.01. The van der Waals surface area contributed by atoms with E-state index in [0.29, 0.717) is 0 Å². The molecular weight excluding hydrogens is 176 g/mol. The molecule has 0 bridgehead atoms. The van der Waals surface area contributed by atoms with Gasteiger partial charge in [0.05, 0.1) is 0 Å². The molecule has 0 aliphatic heterocycles. The zero-order chi connectivity index (χ0) is 9.76. The molecule has 0 atom stereocenters. The predicted molar refractivity (Wildman–Crippen MR) is 53.8 cm³/mol. The number of fused-ring (bicyclic) bond motifs is 1. The summed E-state index contributed by atoms with van der Waals surface area (Å²) in [5, 5.41) is 5.15. The SMILES string of the molecule is Cc1onc2c(C3(N)CC3)cccc12. The third-order valence-electron chi connectivity index (χ3n) is 3.01. The summed E-state index contributed by atoms with van der Waals surface area (Å²) in [6.07, 6.45) is 2.11. The largest absolute Gasteiger partial charge is 0.360 e. The Hall–Kier alpha value is -1.35. The number of aromatic nitrogens is 1. The van der Waals surface area contributed by atoms with Crippen molar-refractivity contribution in [3.8, 4) is 0 Å². The Bertz CT molecular complexity index is 497. The van der Waals surface area contributed by atoms with Gasteiger partial charge < -0.3 is 10.3 Å². The number of rotatable bonds is 1. The predicted octanol–water partition coefficient (Wildman–Crippen LogP) is 2.08. The van der Waals surface area contributed by atoms with Crippen LogP contribution in [0.3, 0.4) is 0 Å². The topological polar surface area (TPSA) is 52.0 Å². The fourth-order valence-corrected chi connectivity index (χ4v) is 1.90. The molecule has 1 aliphatic rings. The molecule has 0 unspecified atom stereocenters. The second-order valence-corrected chi connectivity index (χ2v) is 4.10. The van der Waals surface area contributed by atoms with E-state index in [-0.39, 0.29) is 5.54 Å². The number of hydrogen-bond acceptors (Lipinski definition) is 3. The minimum Gasteiger partial charge on any atom is -0.360 e. The Morgan fingerprint density at radius 1 is 1.43 bits per heavy atom. The van der Waals surface area contributed by atoms with Crippen LogP contribution >= 0.6 is 0 Å². The molecule has 0 spiro atoms. The molecule has 72 valence electrons. The third kappa shape index (κ3) is 0.930. The van der Waals surface area contributed by atoms with Crippen LogP contribution in [0.2, 0.25) is 0 Å². The number of nitrogens with two attached hydrogens (primary N) is 1. The van der Waals surface area contributed by atoms with Gasteiger partial charge in [0.25, 0.3) is 0 Å². The monoisotopic (exact) mass is 188 g/mol. The van der Waals surface area contributed by atoms with E-state index in [4.69, 9.17) is 10.3 Å². The van der Waals surface area contributed by atoms with Crippen LogP contribution in [-0.4, -0.2) is 5.16 Å². The number of aryl methyl sites for hydroxylation is 1. The van der Waals surface area contributed by atoms with Crippen molar-refractivity contribution >= 4 is 10.9 Å². The molecule has 2 aromatic rings. The van der Waals surface area contributed by atoms with Crippen LogP contribution in [0.5, 0.6) is 0 Å². The minimum absolute atomic E-state index is 0.136. The Labute approximate surface area is 81.9 Å². The molecule has 0 radical (unpaired) electrons. The average Bonchev–Trinajstić information content (AvgIpc) is 2.83. The first-order valence-electron chi connectivity index (χ1n) is 4.85. The van der Waals surface area contributed by atoms with E-state index in [1.165, 1.54) is 0 Å². The van der Waals surface area contributed by atoms with E-state index in [1.807, 2.05) is 19.1 Å². The van der Waals surface area contributed by atoms with Crippen molar-refractivity contribution in [2.45, 2.75) is 25.3 Å². The van der Waals surface area contributed by atoms with Gasteiger partial charge in [-0.05, 0) is 25.8 Å². The van der Waals surface area contributed by atoms with E-state index in [2.05, 4.69) is 11.2 Å². The van der Waals surface area contributed by atoms with Gasteiger partial charge in [0.1, 0.15) is 11.3 Å². The Balaban J connectivity index is 2.34. The minimum atomic E-state index is -0.136. The normalized spacial score (nSPS) is 18.7. The number of nitrogens with zero attached hydrogens (tertiary/aromatic N) is 1.